The number of carbonyl (C=O) groups excluding carboxylic acids is 1. The number of hydrogen-bond donors (Lipinski definition) is 1. The minimum absolute atomic E-state index is 0.0000479. The lowest BCUT2D eigenvalue weighted by atomic mass is 10.1. The van der Waals surface area contributed by atoms with Crippen molar-refractivity contribution in [2.75, 3.05) is 0 Å². The number of amides is 1. The first kappa shape index (κ1) is 23.3. The molecular formula is C25H27NO5S. The minimum Gasteiger partial charge on any atom is -0.508 e. The first-order valence-corrected chi connectivity index (χ1v) is 11.7. The Balaban J connectivity index is 1.81. The monoisotopic (exact) mass is 453 g/mol. The number of hydrogen-bond acceptors (Lipinski definition) is 5. The standard InChI is InChI=1S/C25H27NO5S/c1-25(2,3)31-24(28)26(17-19-7-5-4-6-8-19)18-20-9-13-22(14-10-20)32(29,30)23-15-11-21(27)12-16-23/h4-16,27H,17-18H2,1-3H3. The van der Waals surface area contributed by atoms with Crippen molar-refractivity contribution in [2.24, 2.45) is 0 Å². The molecule has 3 aromatic carbocycles. The van der Waals surface area contributed by atoms with Gasteiger partial charge in [0.25, 0.3) is 0 Å². The van der Waals surface area contributed by atoms with Crippen LogP contribution in [0.15, 0.2) is 88.7 Å². The van der Waals surface area contributed by atoms with Crippen LogP contribution in [-0.2, 0) is 27.7 Å². The number of phenols is 1. The summed E-state index contributed by atoms with van der Waals surface area (Å²) >= 11 is 0. The van der Waals surface area contributed by atoms with Crippen LogP contribution >= 0.6 is 0 Å². The molecule has 32 heavy (non-hydrogen) atoms. The fourth-order valence-corrected chi connectivity index (χ4v) is 4.33. The van der Waals surface area contributed by atoms with Crippen molar-refractivity contribution in [3.05, 3.63) is 90.0 Å². The third-order valence-electron chi connectivity index (χ3n) is 4.62. The Morgan fingerprint density at radius 1 is 0.812 bits per heavy atom. The van der Waals surface area contributed by atoms with E-state index in [1.54, 1.807) is 17.0 Å². The van der Waals surface area contributed by atoms with Gasteiger partial charge in [0.2, 0.25) is 9.84 Å². The van der Waals surface area contributed by atoms with E-state index in [9.17, 15) is 18.3 Å². The average Bonchev–Trinajstić information content (AvgIpc) is 2.73. The van der Waals surface area contributed by atoms with Crippen LogP contribution in [0.3, 0.4) is 0 Å². The maximum absolute atomic E-state index is 12.8. The molecule has 0 aromatic heterocycles. The number of sulfone groups is 1. The third-order valence-corrected chi connectivity index (χ3v) is 6.41. The SMILES string of the molecule is CC(C)(C)OC(=O)N(Cc1ccccc1)Cc1ccc(S(=O)(=O)c2ccc(O)cc2)cc1. The number of carbonyl (C=O) groups is 1. The molecule has 0 spiro atoms. The highest BCUT2D eigenvalue weighted by Crippen LogP contribution is 2.24. The Labute approximate surface area is 189 Å². The zero-order valence-corrected chi connectivity index (χ0v) is 19.2. The van der Waals surface area contributed by atoms with Gasteiger partial charge in [-0.3, -0.25) is 4.90 Å². The fraction of sp³-hybridized carbons (Fsp3) is 0.240. The van der Waals surface area contributed by atoms with E-state index >= 15 is 0 Å². The quantitative estimate of drug-likeness (QED) is 0.557. The second-order valence-corrected chi connectivity index (χ2v) is 10.4. The molecule has 1 amide bonds. The molecule has 168 valence electrons. The molecule has 0 unspecified atom stereocenters. The molecule has 0 heterocycles. The summed E-state index contributed by atoms with van der Waals surface area (Å²) in [6.45, 7) is 6.07. The highest BCUT2D eigenvalue weighted by Gasteiger charge is 2.23. The second-order valence-electron chi connectivity index (χ2n) is 8.46. The van der Waals surface area contributed by atoms with Gasteiger partial charge < -0.3 is 9.84 Å². The molecule has 0 fully saturated rings. The first-order valence-electron chi connectivity index (χ1n) is 10.2. The van der Waals surface area contributed by atoms with Gasteiger partial charge in [-0.1, -0.05) is 42.5 Å². The van der Waals surface area contributed by atoms with Crippen molar-refractivity contribution >= 4 is 15.9 Å². The molecule has 0 bridgehead atoms. The van der Waals surface area contributed by atoms with Crippen LogP contribution in [0.5, 0.6) is 5.75 Å². The lowest BCUT2D eigenvalue weighted by molar-refractivity contribution is 0.0216. The van der Waals surface area contributed by atoms with Crippen molar-refractivity contribution in [2.45, 2.75) is 49.3 Å². The van der Waals surface area contributed by atoms with E-state index in [2.05, 4.69) is 0 Å². The van der Waals surface area contributed by atoms with Crippen molar-refractivity contribution in [3.8, 4) is 5.75 Å². The first-order chi connectivity index (χ1) is 15.0. The summed E-state index contributed by atoms with van der Waals surface area (Å²) in [5, 5.41) is 9.40. The molecule has 1 N–H and O–H groups in total. The third kappa shape index (κ3) is 6.11. The average molecular weight is 454 g/mol. The maximum atomic E-state index is 12.8. The van der Waals surface area contributed by atoms with Gasteiger partial charge in [-0.05, 0) is 68.3 Å². The number of aromatic hydroxyl groups is 1. The summed E-state index contributed by atoms with van der Waals surface area (Å²) in [6.07, 6.45) is -0.442. The lowest BCUT2D eigenvalue weighted by Crippen LogP contribution is -2.36. The van der Waals surface area contributed by atoms with Gasteiger partial charge in [0, 0.05) is 13.1 Å². The molecule has 0 atom stereocenters. The van der Waals surface area contributed by atoms with Crippen LogP contribution in [0.1, 0.15) is 31.9 Å². The van der Waals surface area contributed by atoms with Gasteiger partial charge in [-0.25, -0.2) is 13.2 Å². The van der Waals surface area contributed by atoms with Gasteiger partial charge in [0.15, 0.2) is 0 Å². The van der Waals surface area contributed by atoms with E-state index in [1.807, 2.05) is 51.1 Å². The second kappa shape index (κ2) is 9.44. The number of phenolic OH excluding ortho intramolecular Hbond substituents is 1. The van der Waals surface area contributed by atoms with Gasteiger partial charge in [-0.15, -0.1) is 0 Å². The van der Waals surface area contributed by atoms with Crippen LogP contribution in [-0.4, -0.2) is 30.1 Å². The van der Waals surface area contributed by atoms with Crippen molar-refractivity contribution in [1.29, 1.82) is 0 Å². The zero-order chi connectivity index (χ0) is 23.4. The van der Waals surface area contributed by atoms with Crippen LogP contribution < -0.4 is 0 Å². The maximum Gasteiger partial charge on any atom is 0.410 e. The number of rotatable bonds is 6. The van der Waals surface area contributed by atoms with Gasteiger partial charge in [-0.2, -0.15) is 0 Å². The van der Waals surface area contributed by atoms with Crippen LogP contribution in [0, 0.1) is 0 Å². The molecule has 0 saturated heterocycles. The molecule has 0 saturated carbocycles. The van der Waals surface area contributed by atoms with E-state index in [0.717, 1.165) is 11.1 Å². The summed E-state index contributed by atoms with van der Waals surface area (Å²) in [4.78, 5) is 14.6. The van der Waals surface area contributed by atoms with E-state index in [1.165, 1.54) is 36.4 Å². The Morgan fingerprint density at radius 3 is 1.78 bits per heavy atom. The Morgan fingerprint density at radius 2 is 1.28 bits per heavy atom. The zero-order valence-electron chi connectivity index (χ0n) is 18.4. The molecule has 7 heteroatoms. The normalized spacial score (nSPS) is 11.7. The van der Waals surface area contributed by atoms with Gasteiger partial charge >= 0.3 is 6.09 Å². The van der Waals surface area contributed by atoms with Crippen LogP contribution in [0.25, 0.3) is 0 Å². The van der Waals surface area contributed by atoms with Gasteiger partial charge in [0.1, 0.15) is 11.4 Å². The Hall–Kier alpha value is -3.32. The summed E-state index contributed by atoms with van der Waals surface area (Å²) in [7, 11) is -3.71. The fourth-order valence-electron chi connectivity index (χ4n) is 3.07. The largest absolute Gasteiger partial charge is 0.508 e. The minimum atomic E-state index is -3.71. The molecule has 3 rings (SSSR count). The van der Waals surface area contributed by atoms with Crippen LogP contribution in [0.4, 0.5) is 4.79 Å². The van der Waals surface area contributed by atoms with Crippen molar-refractivity contribution < 1.29 is 23.1 Å². The van der Waals surface area contributed by atoms with E-state index < -0.39 is 21.5 Å². The molecule has 0 radical (unpaired) electrons. The number of benzene rings is 3. The van der Waals surface area contributed by atoms with Crippen molar-refractivity contribution in [1.82, 2.24) is 4.90 Å². The van der Waals surface area contributed by atoms with E-state index in [4.69, 9.17) is 4.74 Å². The van der Waals surface area contributed by atoms with Gasteiger partial charge in [0.05, 0.1) is 9.79 Å². The summed E-state index contributed by atoms with van der Waals surface area (Å²) in [6, 6.07) is 21.4. The van der Waals surface area contributed by atoms with E-state index in [-0.39, 0.29) is 22.1 Å². The summed E-state index contributed by atoms with van der Waals surface area (Å²) in [5.41, 5.74) is 1.11. The molecule has 0 aliphatic rings. The lowest BCUT2D eigenvalue weighted by Gasteiger charge is -2.27. The Bertz CT molecular complexity index is 1150. The Kier molecular flexibility index (Phi) is 6.89. The van der Waals surface area contributed by atoms with Crippen molar-refractivity contribution in [3.63, 3.8) is 0 Å². The van der Waals surface area contributed by atoms with Crippen LogP contribution in [0.2, 0.25) is 0 Å². The molecule has 0 aliphatic heterocycles. The molecule has 3 aromatic rings. The predicted molar refractivity (Wildman–Crippen MR) is 122 cm³/mol. The smallest absolute Gasteiger partial charge is 0.410 e. The highest BCUT2D eigenvalue weighted by molar-refractivity contribution is 7.91. The summed E-state index contributed by atoms with van der Waals surface area (Å²) in [5.74, 6) is -0.0000479. The molecular weight excluding hydrogens is 426 g/mol. The topological polar surface area (TPSA) is 83.9 Å². The predicted octanol–water partition coefficient (Wildman–Crippen LogP) is 5.16. The van der Waals surface area contributed by atoms with E-state index in [0.29, 0.717) is 6.54 Å². The number of ether oxygens (including phenoxy) is 1. The molecule has 6 nitrogen and oxygen atoms in total. The number of nitrogens with zero attached hydrogens (tertiary/aromatic N) is 1. The highest BCUT2D eigenvalue weighted by atomic mass is 32.2. The molecule has 0 aliphatic carbocycles. The summed E-state index contributed by atoms with van der Waals surface area (Å²) < 4.78 is 31.2.